The van der Waals surface area contributed by atoms with Crippen molar-refractivity contribution in [3.63, 3.8) is 0 Å². The van der Waals surface area contributed by atoms with Crippen molar-refractivity contribution in [1.82, 2.24) is 10.1 Å². The predicted octanol–water partition coefficient (Wildman–Crippen LogP) is 2.16. The molecular weight excluding hydrogens is 236 g/mol. The summed E-state index contributed by atoms with van der Waals surface area (Å²) < 4.78 is 15.3. The highest BCUT2D eigenvalue weighted by Crippen LogP contribution is 2.31. The minimum absolute atomic E-state index is 0.0613. The lowest BCUT2D eigenvalue weighted by atomic mass is 10.2. The van der Waals surface area contributed by atoms with E-state index in [-0.39, 0.29) is 11.9 Å². The highest BCUT2D eigenvalue weighted by Gasteiger charge is 2.15. The van der Waals surface area contributed by atoms with Gasteiger partial charge in [0.1, 0.15) is 6.10 Å². The van der Waals surface area contributed by atoms with Crippen molar-refractivity contribution in [3.05, 3.63) is 24.0 Å². The highest BCUT2D eigenvalue weighted by molar-refractivity contribution is 5.59. The minimum atomic E-state index is -0.235. The van der Waals surface area contributed by atoms with Crippen molar-refractivity contribution in [3.8, 4) is 23.0 Å². The number of methoxy groups -OCH3 is 2. The van der Waals surface area contributed by atoms with Gasteiger partial charge < -0.3 is 19.1 Å². The fourth-order valence-electron chi connectivity index (χ4n) is 1.43. The monoisotopic (exact) mass is 250 g/mol. The van der Waals surface area contributed by atoms with Crippen LogP contribution in [0.25, 0.3) is 11.5 Å². The lowest BCUT2D eigenvalue weighted by Gasteiger charge is -2.03. The molecule has 1 atom stereocenters. The topological polar surface area (TPSA) is 77.6 Å². The molecule has 0 aliphatic heterocycles. The first-order valence-electron chi connectivity index (χ1n) is 5.39. The Morgan fingerprint density at radius 3 is 2.78 bits per heavy atom. The van der Waals surface area contributed by atoms with Gasteiger partial charge in [-0.3, -0.25) is 0 Å². The van der Waals surface area contributed by atoms with Crippen LogP contribution in [-0.4, -0.2) is 29.5 Å². The number of aromatic hydroxyl groups is 1. The third-order valence-corrected chi connectivity index (χ3v) is 2.59. The van der Waals surface area contributed by atoms with Crippen LogP contribution in [0.4, 0.5) is 0 Å². The summed E-state index contributed by atoms with van der Waals surface area (Å²) in [5, 5.41) is 13.3. The molecule has 0 aliphatic rings. The molecule has 0 fully saturated rings. The Kier molecular flexibility index (Phi) is 3.47. The lowest BCUT2D eigenvalue weighted by molar-refractivity contribution is 0.109. The molecule has 0 amide bonds. The largest absolute Gasteiger partial charge is 0.504 e. The number of rotatable bonds is 4. The van der Waals surface area contributed by atoms with Crippen LogP contribution in [0.5, 0.6) is 11.5 Å². The average molecular weight is 250 g/mol. The van der Waals surface area contributed by atoms with Crippen LogP contribution in [0, 0.1) is 0 Å². The SMILES string of the molecule is COc1cc(-c2nc(C(C)OC)no2)ccc1O. The fraction of sp³-hybridized carbons (Fsp3) is 0.333. The van der Waals surface area contributed by atoms with Gasteiger partial charge in [-0.25, -0.2) is 0 Å². The van der Waals surface area contributed by atoms with Crippen molar-refractivity contribution in [2.45, 2.75) is 13.0 Å². The maximum Gasteiger partial charge on any atom is 0.258 e. The maximum atomic E-state index is 9.50. The van der Waals surface area contributed by atoms with E-state index < -0.39 is 0 Å². The number of hydrogen-bond donors (Lipinski definition) is 1. The van der Waals surface area contributed by atoms with Gasteiger partial charge in [0.15, 0.2) is 11.5 Å². The fourth-order valence-corrected chi connectivity index (χ4v) is 1.43. The summed E-state index contributed by atoms with van der Waals surface area (Å²) in [4.78, 5) is 4.22. The second-order valence-corrected chi connectivity index (χ2v) is 3.72. The number of benzene rings is 1. The molecule has 1 aromatic carbocycles. The highest BCUT2D eigenvalue weighted by atomic mass is 16.5. The van der Waals surface area contributed by atoms with E-state index >= 15 is 0 Å². The molecule has 0 saturated carbocycles. The van der Waals surface area contributed by atoms with Gasteiger partial charge >= 0.3 is 0 Å². The third kappa shape index (κ3) is 2.28. The molecule has 1 unspecified atom stereocenters. The lowest BCUT2D eigenvalue weighted by Crippen LogP contribution is -1.97. The van der Waals surface area contributed by atoms with Crippen LogP contribution in [0.1, 0.15) is 18.9 Å². The van der Waals surface area contributed by atoms with Crippen molar-refractivity contribution in [2.24, 2.45) is 0 Å². The Bertz CT molecular complexity index is 539. The number of ether oxygens (including phenoxy) is 2. The Morgan fingerprint density at radius 2 is 2.11 bits per heavy atom. The van der Waals surface area contributed by atoms with E-state index in [0.717, 1.165) is 0 Å². The van der Waals surface area contributed by atoms with Crippen LogP contribution in [0.2, 0.25) is 0 Å². The molecule has 0 bridgehead atoms. The van der Waals surface area contributed by atoms with Crippen molar-refractivity contribution < 1.29 is 19.1 Å². The van der Waals surface area contributed by atoms with E-state index in [9.17, 15) is 5.11 Å². The Morgan fingerprint density at radius 1 is 1.33 bits per heavy atom. The van der Waals surface area contributed by atoms with E-state index in [0.29, 0.717) is 23.0 Å². The van der Waals surface area contributed by atoms with E-state index in [1.165, 1.54) is 13.2 Å². The Balaban J connectivity index is 2.34. The minimum Gasteiger partial charge on any atom is -0.504 e. The molecule has 6 heteroatoms. The molecule has 1 N–H and O–H groups in total. The third-order valence-electron chi connectivity index (χ3n) is 2.59. The zero-order chi connectivity index (χ0) is 13.1. The second kappa shape index (κ2) is 5.05. The van der Waals surface area contributed by atoms with Crippen molar-refractivity contribution >= 4 is 0 Å². The summed E-state index contributed by atoms with van der Waals surface area (Å²) in [6.07, 6.45) is -0.235. The van der Waals surface area contributed by atoms with Crippen LogP contribution < -0.4 is 4.74 Å². The first-order valence-corrected chi connectivity index (χ1v) is 5.39. The second-order valence-electron chi connectivity index (χ2n) is 3.72. The number of hydrogen-bond acceptors (Lipinski definition) is 6. The van der Waals surface area contributed by atoms with Crippen LogP contribution in [0.3, 0.4) is 0 Å². The van der Waals surface area contributed by atoms with E-state index in [2.05, 4.69) is 10.1 Å². The molecule has 1 aromatic heterocycles. The summed E-state index contributed by atoms with van der Waals surface area (Å²) in [5.41, 5.74) is 0.673. The standard InChI is InChI=1S/C12H14N2O4/c1-7(16-2)11-13-12(18-14-11)8-4-5-9(15)10(6-8)17-3/h4-7,15H,1-3H3. The van der Waals surface area contributed by atoms with E-state index in [4.69, 9.17) is 14.0 Å². The Labute approximate surface area is 104 Å². The molecule has 0 radical (unpaired) electrons. The van der Waals surface area contributed by atoms with Crippen LogP contribution in [0.15, 0.2) is 22.7 Å². The van der Waals surface area contributed by atoms with Crippen LogP contribution >= 0.6 is 0 Å². The van der Waals surface area contributed by atoms with Gasteiger partial charge in [0, 0.05) is 12.7 Å². The molecule has 2 rings (SSSR count). The number of phenolic OH excluding ortho intramolecular Hbond substituents is 1. The van der Waals surface area contributed by atoms with Gasteiger partial charge in [-0.2, -0.15) is 4.98 Å². The van der Waals surface area contributed by atoms with Crippen molar-refractivity contribution in [1.29, 1.82) is 0 Å². The van der Waals surface area contributed by atoms with Crippen LogP contribution in [-0.2, 0) is 4.74 Å². The molecule has 0 aliphatic carbocycles. The predicted molar refractivity (Wildman–Crippen MR) is 63.4 cm³/mol. The smallest absolute Gasteiger partial charge is 0.258 e. The van der Waals surface area contributed by atoms with E-state index in [1.54, 1.807) is 19.2 Å². The molecule has 1 heterocycles. The summed E-state index contributed by atoms with van der Waals surface area (Å²) in [6.45, 7) is 1.83. The molecule has 0 spiro atoms. The quantitative estimate of drug-likeness (QED) is 0.895. The summed E-state index contributed by atoms with van der Waals surface area (Å²) in [5.74, 6) is 1.24. The molecule has 18 heavy (non-hydrogen) atoms. The normalized spacial score (nSPS) is 12.4. The first kappa shape index (κ1) is 12.4. The summed E-state index contributed by atoms with van der Waals surface area (Å²) in [6, 6.07) is 4.81. The number of aromatic nitrogens is 2. The van der Waals surface area contributed by atoms with Gasteiger partial charge in [0.2, 0.25) is 5.82 Å². The van der Waals surface area contributed by atoms with Gasteiger partial charge in [-0.1, -0.05) is 5.16 Å². The average Bonchev–Trinajstić information content (AvgIpc) is 2.88. The zero-order valence-corrected chi connectivity index (χ0v) is 10.4. The molecular formula is C12H14N2O4. The van der Waals surface area contributed by atoms with Gasteiger partial charge in [0.25, 0.3) is 5.89 Å². The summed E-state index contributed by atoms with van der Waals surface area (Å²) >= 11 is 0. The summed E-state index contributed by atoms with van der Waals surface area (Å²) in [7, 11) is 3.05. The van der Waals surface area contributed by atoms with Gasteiger partial charge in [0.05, 0.1) is 7.11 Å². The molecule has 6 nitrogen and oxygen atoms in total. The Hall–Kier alpha value is -2.08. The molecule has 2 aromatic rings. The zero-order valence-electron chi connectivity index (χ0n) is 10.4. The molecule has 0 saturated heterocycles. The first-order chi connectivity index (χ1) is 8.65. The van der Waals surface area contributed by atoms with Crippen molar-refractivity contribution in [2.75, 3.05) is 14.2 Å². The number of phenols is 1. The van der Waals surface area contributed by atoms with E-state index in [1.807, 2.05) is 6.92 Å². The van der Waals surface area contributed by atoms with Gasteiger partial charge in [-0.05, 0) is 25.1 Å². The number of nitrogens with zero attached hydrogens (tertiary/aromatic N) is 2. The van der Waals surface area contributed by atoms with Gasteiger partial charge in [-0.15, -0.1) is 0 Å². The molecule has 96 valence electrons. The maximum absolute atomic E-state index is 9.50.